The number of likely N-dealkylation sites (tertiary alicyclic amines) is 2. The van der Waals surface area contributed by atoms with E-state index in [0.29, 0.717) is 13.1 Å². The molecule has 4 N–H and O–H groups in total. The van der Waals surface area contributed by atoms with Crippen molar-refractivity contribution < 1.29 is 28.7 Å². The number of carbonyl (C=O) groups is 4. The fourth-order valence-corrected chi connectivity index (χ4v) is 11.4. The van der Waals surface area contributed by atoms with Gasteiger partial charge in [-0.2, -0.15) is 0 Å². The summed E-state index contributed by atoms with van der Waals surface area (Å²) in [6.45, 7) is 11.0. The highest BCUT2D eigenvalue weighted by Gasteiger charge is 2.43. The predicted molar refractivity (Wildman–Crippen MR) is 253 cm³/mol. The number of amides is 4. The summed E-state index contributed by atoms with van der Waals surface area (Å²) in [7, 11) is 2.61. The molecule has 14 nitrogen and oxygen atoms in total. The Bertz CT molecular complexity index is 2630. The van der Waals surface area contributed by atoms with Crippen LogP contribution in [0.25, 0.3) is 44.5 Å². The number of fused-ring (bicyclic) bond motifs is 2. The van der Waals surface area contributed by atoms with Crippen LogP contribution in [-0.2, 0) is 31.9 Å². The van der Waals surface area contributed by atoms with Gasteiger partial charge in [-0.15, -0.1) is 0 Å². The lowest BCUT2D eigenvalue weighted by Gasteiger charge is -2.30. The zero-order valence-corrected chi connectivity index (χ0v) is 39.3. The molecule has 1 spiro atoms. The summed E-state index contributed by atoms with van der Waals surface area (Å²) in [4.78, 5) is 72.6. The third-order valence-electron chi connectivity index (χ3n) is 14.9. The van der Waals surface area contributed by atoms with Crippen LogP contribution in [0.1, 0.15) is 114 Å². The molecule has 2 saturated heterocycles. The van der Waals surface area contributed by atoms with E-state index in [2.05, 4.69) is 82.1 Å². The Kier molecular flexibility index (Phi) is 12.4. The Morgan fingerprint density at radius 1 is 0.727 bits per heavy atom. The molecule has 3 fully saturated rings. The molecule has 4 heterocycles. The molecule has 5 atom stereocenters. The summed E-state index contributed by atoms with van der Waals surface area (Å²) in [6.07, 6.45) is 10.2. The minimum Gasteiger partial charge on any atom is -0.453 e. The van der Waals surface area contributed by atoms with E-state index in [0.717, 1.165) is 71.6 Å². The summed E-state index contributed by atoms with van der Waals surface area (Å²) < 4.78 is 9.65. The Morgan fingerprint density at radius 2 is 1.32 bits per heavy atom. The number of ether oxygens (including phenoxy) is 2. The molecule has 0 bridgehead atoms. The van der Waals surface area contributed by atoms with Gasteiger partial charge in [0.1, 0.15) is 23.7 Å². The van der Waals surface area contributed by atoms with Gasteiger partial charge >= 0.3 is 12.2 Å². The van der Waals surface area contributed by atoms with Gasteiger partial charge in [-0.3, -0.25) is 9.59 Å². The molecule has 14 heteroatoms. The first kappa shape index (κ1) is 45.0. The molecule has 5 aromatic rings. The first-order chi connectivity index (χ1) is 31.8. The Hall–Kier alpha value is -6.18. The van der Waals surface area contributed by atoms with Gasteiger partial charge in [0.15, 0.2) is 0 Å². The van der Waals surface area contributed by atoms with Gasteiger partial charge in [0.25, 0.3) is 0 Å². The van der Waals surface area contributed by atoms with Crippen molar-refractivity contribution in [2.24, 2.45) is 23.2 Å². The third kappa shape index (κ3) is 8.54. The van der Waals surface area contributed by atoms with E-state index in [4.69, 9.17) is 19.4 Å². The number of alkyl carbamates (subject to hydrolysis) is 2. The number of hydrogen-bond donors (Lipinski definition) is 4. The third-order valence-corrected chi connectivity index (χ3v) is 14.9. The number of nitrogens with zero attached hydrogens (tertiary/aromatic N) is 4. The highest BCUT2D eigenvalue weighted by atomic mass is 16.5. The van der Waals surface area contributed by atoms with Crippen LogP contribution in [-0.4, -0.2) is 93.1 Å². The highest BCUT2D eigenvalue weighted by Crippen LogP contribution is 2.53. The Morgan fingerprint density at radius 3 is 1.94 bits per heavy atom. The quantitative estimate of drug-likeness (QED) is 0.102. The topological polar surface area (TPSA) is 175 Å². The largest absolute Gasteiger partial charge is 0.453 e. The number of rotatable bonds is 11. The lowest BCUT2D eigenvalue weighted by molar-refractivity contribution is -0.136. The van der Waals surface area contributed by atoms with Crippen LogP contribution in [0.4, 0.5) is 9.59 Å². The number of aromatic nitrogens is 4. The molecule has 0 radical (unpaired) electrons. The summed E-state index contributed by atoms with van der Waals surface area (Å²) >= 11 is 0. The smallest absolute Gasteiger partial charge is 0.407 e. The number of hydrogen-bond acceptors (Lipinski definition) is 8. The van der Waals surface area contributed by atoms with Gasteiger partial charge < -0.3 is 39.9 Å². The lowest BCUT2D eigenvalue weighted by Crippen LogP contribution is -2.51. The van der Waals surface area contributed by atoms with Crippen LogP contribution in [0.2, 0.25) is 0 Å². The second-order valence-electron chi connectivity index (χ2n) is 20.0. The van der Waals surface area contributed by atoms with Crippen molar-refractivity contribution in [3.8, 4) is 33.5 Å². The van der Waals surface area contributed by atoms with Crippen LogP contribution in [0.15, 0.2) is 60.8 Å². The molecule has 2 aliphatic carbocycles. The normalized spacial score (nSPS) is 20.9. The molecule has 2 aliphatic heterocycles. The van der Waals surface area contributed by atoms with E-state index in [1.165, 1.54) is 67.7 Å². The van der Waals surface area contributed by atoms with Gasteiger partial charge in [0.2, 0.25) is 11.8 Å². The molecule has 2 aromatic heterocycles. The van der Waals surface area contributed by atoms with E-state index in [1.54, 1.807) is 0 Å². The number of methoxy groups -OCH3 is 2. The van der Waals surface area contributed by atoms with Crippen molar-refractivity contribution in [3.63, 3.8) is 0 Å². The van der Waals surface area contributed by atoms with E-state index in [-0.39, 0.29) is 47.1 Å². The molecule has 5 unspecified atom stereocenters. The zero-order chi connectivity index (χ0) is 46.4. The average Bonchev–Trinajstić information content (AvgIpc) is 4.18. The van der Waals surface area contributed by atoms with Gasteiger partial charge in [0, 0.05) is 13.1 Å². The SMILES string of the molecule is COC(=O)NC(C(=O)N1CC(C)CC1c1ncc(-c2ccc(-c3ccc(-c4ccc5nc(C6CCCN6C(=O)C(NC(=O)OC)C(C)C)[nH]c5c4)c4c3CC3(CCCC3)C4)cc2)[nH]1)C(C)C. The molecular weight excluding hydrogens is 833 g/mol. The van der Waals surface area contributed by atoms with Crippen LogP contribution in [0.5, 0.6) is 0 Å². The maximum absolute atomic E-state index is 13.9. The summed E-state index contributed by atoms with van der Waals surface area (Å²) in [6, 6.07) is 18.0. The average molecular weight is 897 g/mol. The summed E-state index contributed by atoms with van der Waals surface area (Å²) in [5, 5.41) is 5.49. The number of H-pyrrole nitrogens is 2. The summed E-state index contributed by atoms with van der Waals surface area (Å²) in [5.41, 5.74) is 11.8. The monoisotopic (exact) mass is 896 g/mol. The van der Waals surface area contributed by atoms with Crippen molar-refractivity contribution in [3.05, 3.63) is 83.6 Å². The van der Waals surface area contributed by atoms with Crippen molar-refractivity contribution in [1.29, 1.82) is 0 Å². The van der Waals surface area contributed by atoms with Gasteiger partial charge in [-0.05, 0) is 119 Å². The fraction of sp³-hybridized carbons (Fsp3) is 0.500. The highest BCUT2D eigenvalue weighted by molar-refractivity contribution is 5.88. The van der Waals surface area contributed by atoms with Gasteiger partial charge in [-0.1, -0.05) is 89.9 Å². The lowest BCUT2D eigenvalue weighted by atomic mass is 9.82. The zero-order valence-electron chi connectivity index (χ0n) is 39.3. The van der Waals surface area contributed by atoms with E-state index < -0.39 is 24.3 Å². The minimum atomic E-state index is -0.698. The van der Waals surface area contributed by atoms with Crippen molar-refractivity contribution in [2.75, 3.05) is 27.3 Å². The van der Waals surface area contributed by atoms with Crippen LogP contribution < -0.4 is 10.6 Å². The number of imidazole rings is 2. The second-order valence-corrected chi connectivity index (χ2v) is 20.0. The second kappa shape index (κ2) is 18.2. The molecule has 348 valence electrons. The number of aromatic amines is 2. The number of benzene rings is 3. The molecule has 4 aliphatic rings. The first-order valence-corrected chi connectivity index (χ1v) is 23.9. The molecule has 4 amide bonds. The predicted octanol–water partition coefficient (Wildman–Crippen LogP) is 9.28. The van der Waals surface area contributed by atoms with Crippen LogP contribution >= 0.6 is 0 Å². The first-order valence-electron chi connectivity index (χ1n) is 23.9. The van der Waals surface area contributed by atoms with Gasteiger partial charge in [-0.25, -0.2) is 19.6 Å². The number of carbonyl (C=O) groups excluding carboxylic acids is 4. The van der Waals surface area contributed by atoms with E-state index in [9.17, 15) is 19.2 Å². The van der Waals surface area contributed by atoms with E-state index in [1.807, 2.05) is 43.7 Å². The van der Waals surface area contributed by atoms with Crippen LogP contribution in [0, 0.1) is 23.2 Å². The maximum atomic E-state index is 13.9. The van der Waals surface area contributed by atoms with Crippen molar-refractivity contribution >= 4 is 35.0 Å². The molecule has 3 aromatic carbocycles. The summed E-state index contributed by atoms with van der Waals surface area (Å²) in [5.74, 6) is 1.32. The molecular formula is C52H64N8O6. The van der Waals surface area contributed by atoms with Crippen molar-refractivity contribution in [2.45, 2.75) is 117 Å². The minimum absolute atomic E-state index is 0.106. The number of nitrogens with one attached hydrogen (secondary N) is 4. The Labute approximate surface area is 387 Å². The van der Waals surface area contributed by atoms with Crippen molar-refractivity contribution in [1.82, 2.24) is 40.4 Å². The van der Waals surface area contributed by atoms with Gasteiger partial charge in [0.05, 0.1) is 49.2 Å². The maximum Gasteiger partial charge on any atom is 0.407 e. The van der Waals surface area contributed by atoms with Crippen LogP contribution in [0.3, 0.4) is 0 Å². The molecule has 1 saturated carbocycles. The fourth-order valence-electron chi connectivity index (χ4n) is 11.4. The van der Waals surface area contributed by atoms with E-state index >= 15 is 0 Å². The standard InChI is InChI=1S/C52H64N8O6/c1-29(2)44(57-50(63)65-6)48(61)59-22-10-11-42(59)47-54-39-19-16-34(24-40(39)55-47)36-18-17-35(37-25-52(26-38(36)37)20-8-9-21-52)32-12-14-33(15-13-32)41-27-53-46(56-41)43-23-31(5)28-60(43)49(62)45(30(3)4)58-51(64)66-7/h12-19,24,27,29-31,42-45H,8-11,20-23,25-26,28H2,1-7H3,(H,53,56)(H,54,55)(H,57,63)(H,58,64). The molecule has 9 rings (SSSR count). The Balaban J connectivity index is 0.968. The molecule has 66 heavy (non-hydrogen) atoms.